The van der Waals surface area contributed by atoms with Crippen LogP contribution in [0.15, 0.2) is 48.5 Å². The van der Waals surface area contributed by atoms with Gasteiger partial charge in [-0.1, -0.05) is 36.4 Å². The number of nitrogens with one attached hydrogen (secondary N) is 1. The summed E-state index contributed by atoms with van der Waals surface area (Å²) >= 11 is 0. The summed E-state index contributed by atoms with van der Waals surface area (Å²) in [7, 11) is 3.34. The summed E-state index contributed by atoms with van der Waals surface area (Å²) in [6, 6.07) is 16.1. The van der Waals surface area contributed by atoms with Gasteiger partial charge in [0.15, 0.2) is 0 Å². The van der Waals surface area contributed by atoms with Crippen LogP contribution in [0.5, 0.6) is 11.5 Å². The maximum atomic E-state index is 12.7. The van der Waals surface area contributed by atoms with Crippen molar-refractivity contribution in [2.75, 3.05) is 27.3 Å². The molecule has 28 heavy (non-hydrogen) atoms. The molecule has 1 fully saturated rings. The van der Waals surface area contributed by atoms with E-state index in [0.29, 0.717) is 0 Å². The van der Waals surface area contributed by atoms with Crippen LogP contribution >= 0.6 is 0 Å². The monoisotopic (exact) mass is 382 g/mol. The second-order valence-electron chi connectivity index (χ2n) is 7.37. The minimum absolute atomic E-state index is 0.0373. The van der Waals surface area contributed by atoms with Gasteiger partial charge in [-0.25, -0.2) is 0 Å². The van der Waals surface area contributed by atoms with Gasteiger partial charge < -0.3 is 14.8 Å². The minimum Gasteiger partial charge on any atom is -0.497 e. The van der Waals surface area contributed by atoms with Crippen molar-refractivity contribution in [3.8, 4) is 11.5 Å². The van der Waals surface area contributed by atoms with E-state index in [9.17, 15) is 4.79 Å². The molecule has 0 aliphatic carbocycles. The Labute approximate surface area is 167 Å². The van der Waals surface area contributed by atoms with Gasteiger partial charge in [-0.15, -0.1) is 0 Å². The first-order chi connectivity index (χ1) is 13.6. The Hall–Kier alpha value is -2.53. The first-order valence-corrected chi connectivity index (χ1v) is 9.89. The lowest BCUT2D eigenvalue weighted by Crippen LogP contribution is -2.40. The van der Waals surface area contributed by atoms with Crippen molar-refractivity contribution in [1.82, 2.24) is 10.2 Å². The highest BCUT2D eigenvalue weighted by Crippen LogP contribution is 2.27. The lowest BCUT2D eigenvalue weighted by atomic mass is 9.94. The number of amides is 1. The molecule has 0 radical (unpaired) electrons. The molecule has 1 heterocycles. The van der Waals surface area contributed by atoms with Crippen molar-refractivity contribution in [1.29, 1.82) is 0 Å². The van der Waals surface area contributed by atoms with E-state index < -0.39 is 0 Å². The molecule has 0 bridgehead atoms. The second-order valence-corrected chi connectivity index (χ2v) is 7.37. The highest BCUT2D eigenvalue weighted by molar-refractivity contribution is 5.79. The summed E-state index contributed by atoms with van der Waals surface area (Å²) in [5, 5.41) is 3.17. The van der Waals surface area contributed by atoms with Gasteiger partial charge >= 0.3 is 0 Å². The highest BCUT2D eigenvalue weighted by Gasteiger charge is 2.26. The Morgan fingerprint density at radius 2 is 1.82 bits per heavy atom. The van der Waals surface area contributed by atoms with Crippen LogP contribution in [-0.2, 0) is 11.3 Å². The van der Waals surface area contributed by atoms with E-state index in [1.807, 2.05) is 37.3 Å². The van der Waals surface area contributed by atoms with Gasteiger partial charge in [0, 0.05) is 24.1 Å². The summed E-state index contributed by atoms with van der Waals surface area (Å²) in [5.41, 5.74) is 2.28. The summed E-state index contributed by atoms with van der Waals surface area (Å²) in [5.74, 6) is 1.89. The van der Waals surface area contributed by atoms with Gasteiger partial charge in [-0.2, -0.15) is 0 Å². The first kappa shape index (κ1) is 20.2. The van der Waals surface area contributed by atoms with Crippen LogP contribution in [0.4, 0.5) is 0 Å². The van der Waals surface area contributed by atoms with E-state index in [1.165, 1.54) is 0 Å². The zero-order valence-electron chi connectivity index (χ0n) is 17.0. The van der Waals surface area contributed by atoms with Crippen LogP contribution in [0.25, 0.3) is 0 Å². The molecule has 5 heteroatoms. The van der Waals surface area contributed by atoms with Crippen molar-refractivity contribution < 1.29 is 14.3 Å². The van der Waals surface area contributed by atoms with Crippen LogP contribution < -0.4 is 14.8 Å². The molecule has 1 aliphatic heterocycles. The molecule has 0 unspecified atom stereocenters. The Morgan fingerprint density at radius 3 is 2.46 bits per heavy atom. The summed E-state index contributed by atoms with van der Waals surface area (Å²) in [6.45, 7) is 4.68. The summed E-state index contributed by atoms with van der Waals surface area (Å²) in [6.07, 6.45) is 1.76. The number of hydrogen-bond donors (Lipinski definition) is 1. The van der Waals surface area contributed by atoms with Crippen molar-refractivity contribution in [2.24, 2.45) is 5.92 Å². The standard InChI is InChI=1S/C23H30N2O3/c1-17(18-7-5-4-6-8-18)24-23(26)19-11-13-25(14-12-19)16-20-9-10-21(27-2)15-22(20)28-3/h4-10,15,17,19H,11-14,16H2,1-3H3,(H,24,26)/t17-/m0/s1. The molecule has 3 rings (SSSR count). The fraction of sp³-hybridized carbons (Fsp3) is 0.435. The highest BCUT2D eigenvalue weighted by atomic mass is 16.5. The molecule has 1 aliphatic rings. The number of likely N-dealkylation sites (tertiary alicyclic amines) is 1. The number of hydrogen-bond acceptors (Lipinski definition) is 4. The fourth-order valence-electron chi connectivity index (χ4n) is 3.73. The van der Waals surface area contributed by atoms with E-state index >= 15 is 0 Å². The zero-order chi connectivity index (χ0) is 19.9. The molecule has 0 aromatic heterocycles. The first-order valence-electron chi connectivity index (χ1n) is 9.89. The molecule has 1 atom stereocenters. The molecule has 0 spiro atoms. The normalized spacial score (nSPS) is 16.4. The largest absolute Gasteiger partial charge is 0.497 e. The number of methoxy groups -OCH3 is 2. The Bertz CT molecular complexity index is 771. The second kappa shape index (κ2) is 9.60. The number of nitrogens with zero attached hydrogens (tertiary/aromatic N) is 1. The van der Waals surface area contributed by atoms with Gasteiger partial charge in [0.2, 0.25) is 5.91 Å². The van der Waals surface area contributed by atoms with Crippen LogP contribution in [0.3, 0.4) is 0 Å². The van der Waals surface area contributed by atoms with Crippen molar-refractivity contribution in [2.45, 2.75) is 32.4 Å². The quantitative estimate of drug-likeness (QED) is 0.792. The average molecular weight is 383 g/mol. The lowest BCUT2D eigenvalue weighted by molar-refractivity contribution is -0.127. The maximum Gasteiger partial charge on any atom is 0.223 e. The predicted octanol–water partition coefficient (Wildman–Crippen LogP) is 3.79. The van der Waals surface area contributed by atoms with Gasteiger partial charge in [0.1, 0.15) is 11.5 Å². The lowest BCUT2D eigenvalue weighted by Gasteiger charge is -2.32. The molecular weight excluding hydrogens is 352 g/mol. The van der Waals surface area contributed by atoms with Gasteiger partial charge in [-0.3, -0.25) is 9.69 Å². The van der Waals surface area contributed by atoms with Crippen LogP contribution in [-0.4, -0.2) is 38.1 Å². The predicted molar refractivity (Wildman–Crippen MR) is 111 cm³/mol. The van der Waals surface area contributed by atoms with Gasteiger partial charge in [0.05, 0.1) is 20.3 Å². The van der Waals surface area contributed by atoms with Crippen molar-refractivity contribution >= 4 is 5.91 Å². The van der Waals surface area contributed by atoms with Crippen molar-refractivity contribution in [3.63, 3.8) is 0 Å². The molecule has 1 N–H and O–H groups in total. The molecule has 2 aromatic rings. The van der Waals surface area contributed by atoms with Gasteiger partial charge in [-0.05, 0) is 44.5 Å². The summed E-state index contributed by atoms with van der Waals surface area (Å²) in [4.78, 5) is 15.0. The minimum atomic E-state index is 0.0373. The molecule has 2 aromatic carbocycles. The molecule has 1 amide bonds. The van der Waals surface area contributed by atoms with E-state index in [-0.39, 0.29) is 17.9 Å². The van der Waals surface area contributed by atoms with E-state index in [4.69, 9.17) is 9.47 Å². The number of carbonyl (C=O) groups is 1. The topological polar surface area (TPSA) is 50.8 Å². The van der Waals surface area contributed by atoms with E-state index in [0.717, 1.165) is 55.1 Å². The van der Waals surface area contributed by atoms with Crippen LogP contribution in [0, 0.1) is 5.92 Å². The van der Waals surface area contributed by atoms with Gasteiger partial charge in [0.25, 0.3) is 0 Å². The third kappa shape index (κ3) is 5.04. The number of piperidine rings is 1. The smallest absolute Gasteiger partial charge is 0.223 e. The van der Waals surface area contributed by atoms with Crippen LogP contribution in [0.2, 0.25) is 0 Å². The third-order valence-corrected chi connectivity index (χ3v) is 5.50. The molecule has 0 saturated carbocycles. The van der Waals surface area contributed by atoms with E-state index in [2.05, 4.69) is 28.4 Å². The third-order valence-electron chi connectivity index (χ3n) is 5.50. The zero-order valence-corrected chi connectivity index (χ0v) is 17.0. The van der Waals surface area contributed by atoms with Crippen LogP contribution in [0.1, 0.15) is 36.9 Å². The Balaban J connectivity index is 1.51. The number of carbonyl (C=O) groups excluding carboxylic acids is 1. The number of ether oxygens (including phenoxy) is 2. The molecule has 150 valence electrons. The number of rotatable bonds is 7. The molecule has 1 saturated heterocycles. The average Bonchev–Trinajstić information content (AvgIpc) is 2.75. The summed E-state index contributed by atoms with van der Waals surface area (Å²) < 4.78 is 10.8. The Kier molecular flexibility index (Phi) is 6.93. The molecule has 5 nitrogen and oxygen atoms in total. The Morgan fingerprint density at radius 1 is 1.11 bits per heavy atom. The van der Waals surface area contributed by atoms with Crippen molar-refractivity contribution in [3.05, 3.63) is 59.7 Å². The van der Waals surface area contributed by atoms with E-state index in [1.54, 1.807) is 14.2 Å². The SMILES string of the molecule is COc1ccc(CN2CCC(C(=O)N[C@@H](C)c3ccccc3)CC2)c(OC)c1. The molecular formula is C23H30N2O3. The number of benzene rings is 2. The fourth-order valence-corrected chi connectivity index (χ4v) is 3.73. The maximum absolute atomic E-state index is 12.7.